The van der Waals surface area contributed by atoms with E-state index in [1.807, 2.05) is 42.5 Å². The summed E-state index contributed by atoms with van der Waals surface area (Å²) in [6.07, 6.45) is 12.9. The van der Waals surface area contributed by atoms with E-state index in [2.05, 4.69) is 10.2 Å². The highest BCUT2D eigenvalue weighted by molar-refractivity contribution is 6.30. The third kappa shape index (κ3) is 13.9. The van der Waals surface area contributed by atoms with Crippen molar-refractivity contribution in [3.8, 4) is 0 Å². The Kier molecular flexibility index (Phi) is 15.8. The first-order chi connectivity index (χ1) is 18.8. The number of amides is 1. The van der Waals surface area contributed by atoms with Crippen LogP contribution in [-0.4, -0.2) is 57.8 Å². The molecule has 1 aromatic rings. The molecule has 0 heterocycles. The highest BCUT2D eigenvalue weighted by atomic mass is 35.5. The van der Waals surface area contributed by atoms with Crippen LogP contribution in [0.3, 0.4) is 0 Å². The van der Waals surface area contributed by atoms with Crippen molar-refractivity contribution in [3.63, 3.8) is 0 Å². The molecule has 10 heteroatoms. The van der Waals surface area contributed by atoms with E-state index in [4.69, 9.17) is 11.6 Å². The fourth-order valence-corrected chi connectivity index (χ4v) is 5.07. The molecular formula is C29H43ClN2O7. The second-order valence-corrected chi connectivity index (χ2v) is 10.6. The Bertz CT molecular complexity index is 927. The average molecular weight is 567 g/mol. The first-order valence-electron chi connectivity index (χ1n) is 13.9. The third-order valence-electron chi connectivity index (χ3n) is 7.03. The molecule has 1 aliphatic rings. The van der Waals surface area contributed by atoms with Crippen molar-refractivity contribution < 1.29 is 30.0 Å². The van der Waals surface area contributed by atoms with Gasteiger partial charge in [-0.2, -0.15) is 0 Å². The summed E-state index contributed by atoms with van der Waals surface area (Å²) in [6.45, 7) is 0.704. The van der Waals surface area contributed by atoms with Crippen LogP contribution in [-0.2, 0) is 16.1 Å². The zero-order chi connectivity index (χ0) is 28.5. The highest BCUT2D eigenvalue weighted by Gasteiger charge is 2.39. The van der Waals surface area contributed by atoms with Crippen LogP contribution in [0.15, 0.2) is 48.6 Å². The van der Waals surface area contributed by atoms with Crippen molar-refractivity contribution >= 4 is 17.5 Å². The summed E-state index contributed by atoms with van der Waals surface area (Å²) in [7, 11) is 0. The standard InChI is InChI=1S/C29H43ClN2O7/c30-23-11-9-10-22(20-23)14-15-24(33)16-17-26-25(27(34)21-28(26)35)12-5-1-2-6-13-29(36)31-18-7-3-4-8-19-39-32(37)38/h1,5,9-11,16-17,20,24-28,33-35H,2-4,6-8,12-15,18-19,21H2,(H,31,36)/b5-1-,17-16+/t24-,25+,26+,27-,28+/m0/s1. The lowest BCUT2D eigenvalue weighted by Crippen LogP contribution is -2.23. The Balaban J connectivity index is 1.61. The van der Waals surface area contributed by atoms with E-state index in [1.54, 1.807) is 6.08 Å². The van der Waals surface area contributed by atoms with Crippen molar-refractivity contribution in [1.29, 1.82) is 0 Å². The second-order valence-electron chi connectivity index (χ2n) is 10.2. The Labute approximate surface area is 236 Å². The number of carbonyl (C=O) groups excluding carboxylic acids is 1. The largest absolute Gasteiger partial charge is 0.393 e. The van der Waals surface area contributed by atoms with Gasteiger partial charge in [-0.15, -0.1) is 10.1 Å². The topological polar surface area (TPSA) is 142 Å². The Morgan fingerprint density at radius 3 is 2.74 bits per heavy atom. The molecule has 0 aliphatic heterocycles. The summed E-state index contributed by atoms with van der Waals surface area (Å²) in [4.78, 5) is 26.3. The van der Waals surface area contributed by atoms with Crippen LogP contribution >= 0.6 is 11.6 Å². The van der Waals surface area contributed by atoms with Gasteiger partial charge < -0.3 is 25.5 Å². The van der Waals surface area contributed by atoms with E-state index in [0.29, 0.717) is 50.1 Å². The van der Waals surface area contributed by atoms with Crippen molar-refractivity contribution in [2.45, 2.75) is 88.9 Å². The SMILES string of the molecule is O=C(CCC/C=C\C[C@@H]1[C@@H](/C=C/[C@@H](O)CCc2cccc(Cl)c2)[C@H](O)C[C@@H]1O)NCCCCCCO[N+](=O)[O-]. The number of aryl methyl sites for hydroxylation is 1. The summed E-state index contributed by atoms with van der Waals surface area (Å²) in [5.41, 5.74) is 1.06. The number of benzene rings is 1. The molecule has 1 aliphatic carbocycles. The Hall–Kier alpha value is -2.46. The van der Waals surface area contributed by atoms with E-state index in [9.17, 15) is 30.2 Å². The fraction of sp³-hybridized carbons (Fsp3) is 0.621. The number of carbonyl (C=O) groups is 1. The molecule has 1 amide bonds. The highest BCUT2D eigenvalue weighted by Crippen LogP contribution is 2.36. The third-order valence-corrected chi connectivity index (χ3v) is 7.26. The number of nitrogens with one attached hydrogen (secondary N) is 1. The van der Waals surface area contributed by atoms with Crippen molar-refractivity contribution in [1.82, 2.24) is 5.32 Å². The van der Waals surface area contributed by atoms with Gasteiger partial charge in [0.15, 0.2) is 0 Å². The summed E-state index contributed by atoms with van der Waals surface area (Å²) in [6, 6.07) is 7.56. The van der Waals surface area contributed by atoms with E-state index < -0.39 is 23.4 Å². The molecule has 39 heavy (non-hydrogen) atoms. The molecule has 0 radical (unpaired) electrons. The van der Waals surface area contributed by atoms with Gasteiger partial charge >= 0.3 is 0 Å². The first kappa shape index (κ1) is 32.8. The van der Waals surface area contributed by atoms with Crippen LogP contribution in [0.25, 0.3) is 0 Å². The van der Waals surface area contributed by atoms with E-state index >= 15 is 0 Å². The number of unbranched alkanes of at least 4 members (excludes halogenated alkanes) is 4. The minimum absolute atomic E-state index is 0.00791. The van der Waals surface area contributed by atoms with Gasteiger partial charge in [-0.25, -0.2) is 0 Å². The van der Waals surface area contributed by atoms with Gasteiger partial charge in [-0.1, -0.05) is 60.9 Å². The number of rotatable bonds is 19. The van der Waals surface area contributed by atoms with Gasteiger partial charge in [0.25, 0.3) is 5.09 Å². The van der Waals surface area contributed by atoms with Crippen LogP contribution < -0.4 is 5.32 Å². The zero-order valence-corrected chi connectivity index (χ0v) is 23.3. The summed E-state index contributed by atoms with van der Waals surface area (Å²) >= 11 is 6.01. The molecular weight excluding hydrogens is 524 g/mol. The van der Waals surface area contributed by atoms with Gasteiger partial charge in [-0.05, 0) is 68.6 Å². The van der Waals surface area contributed by atoms with Gasteiger partial charge in [0.2, 0.25) is 5.91 Å². The number of aliphatic hydroxyl groups is 3. The predicted octanol–water partition coefficient (Wildman–Crippen LogP) is 4.55. The maximum atomic E-state index is 12.0. The maximum absolute atomic E-state index is 12.0. The van der Waals surface area contributed by atoms with Crippen molar-refractivity contribution in [2.24, 2.45) is 11.8 Å². The maximum Gasteiger partial charge on any atom is 0.294 e. The second kappa shape index (κ2) is 18.8. The first-order valence-corrected chi connectivity index (χ1v) is 14.3. The van der Waals surface area contributed by atoms with E-state index in [0.717, 1.165) is 37.7 Å². The van der Waals surface area contributed by atoms with Gasteiger partial charge in [0.05, 0.1) is 24.9 Å². The zero-order valence-electron chi connectivity index (χ0n) is 22.5. The molecule has 5 atom stereocenters. The van der Waals surface area contributed by atoms with Gasteiger partial charge in [0.1, 0.15) is 0 Å². The Morgan fingerprint density at radius 1 is 1.18 bits per heavy atom. The molecule has 0 spiro atoms. The number of hydrogen-bond acceptors (Lipinski definition) is 7. The molecule has 0 saturated heterocycles. The van der Waals surface area contributed by atoms with E-state index in [-0.39, 0.29) is 24.3 Å². The molecule has 218 valence electrons. The lowest BCUT2D eigenvalue weighted by atomic mass is 9.89. The smallest absolute Gasteiger partial charge is 0.294 e. The fourth-order valence-electron chi connectivity index (χ4n) is 4.85. The summed E-state index contributed by atoms with van der Waals surface area (Å²) in [5, 5.41) is 44.1. The average Bonchev–Trinajstić information content (AvgIpc) is 3.16. The molecule has 2 rings (SSSR count). The monoisotopic (exact) mass is 566 g/mol. The molecule has 0 aromatic heterocycles. The van der Waals surface area contributed by atoms with Gasteiger partial charge in [0, 0.05) is 30.3 Å². The molecule has 1 aromatic carbocycles. The van der Waals surface area contributed by atoms with Crippen LogP contribution in [0.5, 0.6) is 0 Å². The predicted molar refractivity (Wildman–Crippen MR) is 151 cm³/mol. The summed E-state index contributed by atoms with van der Waals surface area (Å²) in [5.74, 6) is -0.340. The van der Waals surface area contributed by atoms with Crippen LogP contribution in [0.2, 0.25) is 5.02 Å². The van der Waals surface area contributed by atoms with Crippen LogP contribution in [0, 0.1) is 22.0 Å². The quantitative estimate of drug-likeness (QED) is 0.0832. The molecule has 0 bridgehead atoms. The van der Waals surface area contributed by atoms with Crippen LogP contribution in [0.4, 0.5) is 0 Å². The number of aliphatic hydroxyl groups excluding tert-OH is 3. The minimum atomic E-state index is -0.786. The van der Waals surface area contributed by atoms with Gasteiger partial charge in [-0.3, -0.25) is 4.79 Å². The minimum Gasteiger partial charge on any atom is -0.393 e. The lowest BCUT2D eigenvalue weighted by molar-refractivity contribution is -0.757. The number of allylic oxidation sites excluding steroid dienone is 2. The number of nitrogens with zero attached hydrogens (tertiary/aromatic N) is 1. The lowest BCUT2D eigenvalue weighted by Gasteiger charge is -2.19. The molecule has 1 fully saturated rings. The summed E-state index contributed by atoms with van der Waals surface area (Å²) < 4.78 is 0. The molecule has 4 N–H and O–H groups in total. The molecule has 1 saturated carbocycles. The normalized spacial score (nSPS) is 21.9. The van der Waals surface area contributed by atoms with Crippen LogP contribution in [0.1, 0.15) is 69.8 Å². The van der Waals surface area contributed by atoms with Crippen molar-refractivity contribution in [2.75, 3.05) is 13.2 Å². The van der Waals surface area contributed by atoms with Crippen molar-refractivity contribution in [3.05, 3.63) is 69.3 Å². The Morgan fingerprint density at radius 2 is 1.97 bits per heavy atom. The molecule has 0 unspecified atom stereocenters. The van der Waals surface area contributed by atoms with E-state index in [1.165, 1.54) is 0 Å². The number of hydrogen-bond donors (Lipinski definition) is 4. The number of halogens is 1. The molecule has 9 nitrogen and oxygen atoms in total.